The van der Waals surface area contributed by atoms with Gasteiger partial charge in [-0.3, -0.25) is 19.4 Å². The standard InChI is InChI=1S/C15H13NO4.C10H13N3O/c1-20-12-4-2-3-11(14(12)18)13(17)9-5-7-10(8-6-9)15(16)19;14-10(8-1-4-11-5-2-8)13-9-3-6-12-7-9/h2-8,18H,1H3,(H2,16,19);1-2,4-5,9,12H,3,6-7H2,(H,13,14)/t;9-/m.0/s1. The van der Waals surface area contributed by atoms with Crippen molar-refractivity contribution in [3.8, 4) is 11.5 Å². The minimum absolute atomic E-state index is 0.0129. The average molecular weight is 463 g/mol. The fourth-order valence-corrected chi connectivity index (χ4v) is 3.36. The molecule has 9 heteroatoms. The van der Waals surface area contributed by atoms with Crippen molar-refractivity contribution in [2.24, 2.45) is 5.73 Å². The third-order valence-corrected chi connectivity index (χ3v) is 5.23. The van der Waals surface area contributed by atoms with Crippen LogP contribution in [0.25, 0.3) is 0 Å². The van der Waals surface area contributed by atoms with Gasteiger partial charge in [0.05, 0.1) is 12.7 Å². The molecular weight excluding hydrogens is 436 g/mol. The van der Waals surface area contributed by atoms with Crippen LogP contribution in [0, 0.1) is 0 Å². The molecule has 9 nitrogen and oxygen atoms in total. The highest BCUT2D eigenvalue weighted by atomic mass is 16.5. The van der Waals surface area contributed by atoms with E-state index in [0.29, 0.717) is 16.7 Å². The Morgan fingerprint density at radius 1 is 1.03 bits per heavy atom. The number of phenolic OH excluding ortho intramolecular Hbond substituents is 1. The number of hydrogen-bond acceptors (Lipinski definition) is 7. The highest BCUT2D eigenvalue weighted by Gasteiger charge is 2.18. The number of para-hydroxylation sites is 1. The summed E-state index contributed by atoms with van der Waals surface area (Å²) < 4.78 is 4.96. The number of ether oxygens (including phenoxy) is 1. The minimum Gasteiger partial charge on any atom is -0.504 e. The fourth-order valence-electron chi connectivity index (χ4n) is 3.36. The molecule has 1 aromatic heterocycles. The van der Waals surface area contributed by atoms with Gasteiger partial charge in [-0.15, -0.1) is 0 Å². The number of hydrogen-bond donors (Lipinski definition) is 4. The molecule has 1 aliphatic heterocycles. The van der Waals surface area contributed by atoms with E-state index in [9.17, 15) is 19.5 Å². The number of nitrogens with two attached hydrogens (primary N) is 1. The minimum atomic E-state index is -0.562. The van der Waals surface area contributed by atoms with Crippen molar-refractivity contribution in [3.63, 3.8) is 0 Å². The van der Waals surface area contributed by atoms with Crippen LogP contribution in [0.4, 0.5) is 0 Å². The quantitative estimate of drug-likeness (QED) is 0.410. The molecular formula is C25H26N4O5. The number of pyridine rings is 1. The molecule has 4 rings (SSSR count). The van der Waals surface area contributed by atoms with E-state index < -0.39 is 5.91 Å². The summed E-state index contributed by atoms with van der Waals surface area (Å²) in [6.45, 7) is 1.86. The summed E-state index contributed by atoms with van der Waals surface area (Å²) in [5.41, 5.74) is 6.60. The molecule has 1 fully saturated rings. The number of aromatic nitrogens is 1. The van der Waals surface area contributed by atoms with Gasteiger partial charge in [0.15, 0.2) is 17.3 Å². The molecule has 0 saturated carbocycles. The summed E-state index contributed by atoms with van der Waals surface area (Å²) >= 11 is 0. The number of nitrogens with one attached hydrogen (secondary N) is 2. The molecule has 1 aliphatic rings. The summed E-state index contributed by atoms with van der Waals surface area (Å²) in [5.74, 6) is -0.921. The lowest BCUT2D eigenvalue weighted by Gasteiger charge is -2.10. The van der Waals surface area contributed by atoms with Crippen molar-refractivity contribution >= 4 is 17.6 Å². The zero-order chi connectivity index (χ0) is 24.5. The Balaban J connectivity index is 0.000000202. The van der Waals surface area contributed by atoms with Gasteiger partial charge in [0.1, 0.15) is 0 Å². The first-order chi connectivity index (χ1) is 16.4. The van der Waals surface area contributed by atoms with Gasteiger partial charge in [0, 0.05) is 41.7 Å². The number of primary amides is 1. The number of ketones is 1. The first kappa shape index (κ1) is 24.4. The van der Waals surface area contributed by atoms with Crippen molar-refractivity contribution < 1.29 is 24.2 Å². The summed E-state index contributed by atoms with van der Waals surface area (Å²) in [4.78, 5) is 38.8. The molecule has 0 aliphatic carbocycles. The number of nitrogens with zero attached hydrogens (tertiary/aromatic N) is 1. The Labute approximate surface area is 197 Å². The second kappa shape index (κ2) is 11.6. The fraction of sp³-hybridized carbons (Fsp3) is 0.200. The lowest BCUT2D eigenvalue weighted by Crippen LogP contribution is -2.36. The van der Waals surface area contributed by atoms with Gasteiger partial charge < -0.3 is 26.2 Å². The van der Waals surface area contributed by atoms with Crippen LogP contribution in [0.3, 0.4) is 0 Å². The molecule has 3 aromatic rings. The first-order valence-corrected chi connectivity index (χ1v) is 10.6. The van der Waals surface area contributed by atoms with E-state index in [4.69, 9.17) is 10.5 Å². The Morgan fingerprint density at radius 2 is 1.71 bits per heavy atom. The van der Waals surface area contributed by atoms with Gasteiger partial charge in [-0.2, -0.15) is 0 Å². The van der Waals surface area contributed by atoms with Crippen LogP contribution in [0.1, 0.15) is 43.1 Å². The largest absolute Gasteiger partial charge is 0.504 e. The van der Waals surface area contributed by atoms with Gasteiger partial charge in [0.25, 0.3) is 5.91 Å². The molecule has 0 bridgehead atoms. The van der Waals surface area contributed by atoms with E-state index >= 15 is 0 Å². The second-order valence-electron chi connectivity index (χ2n) is 7.53. The van der Waals surface area contributed by atoms with Crippen LogP contribution in [0.15, 0.2) is 67.0 Å². The van der Waals surface area contributed by atoms with E-state index in [1.807, 2.05) is 0 Å². The number of carbonyl (C=O) groups excluding carboxylic acids is 3. The molecule has 1 saturated heterocycles. The monoisotopic (exact) mass is 462 g/mol. The van der Waals surface area contributed by atoms with Gasteiger partial charge in [-0.25, -0.2) is 0 Å². The lowest BCUT2D eigenvalue weighted by atomic mass is 10.0. The number of amides is 2. The van der Waals surface area contributed by atoms with Crippen molar-refractivity contribution in [1.82, 2.24) is 15.6 Å². The Morgan fingerprint density at radius 3 is 2.29 bits per heavy atom. The van der Waals surface area contributed by atoms with Crippen LogP contribution in [0.2, 0.25) is 0 Å². The molecule has 2 amide bonds. The second-order valence-corrected chi connectivity index (χ2v) is 7.53. The predicted octanol–water partition coefficient (Wildman–Crippen LogP) is 1.90. The molecule has 176 valence electrons. The molecule has 5 N–H and O–H groups in total. The van der Waals surface area contributed by atoms with E-state index in [0.717, 1.165) is 19.5 Å². The summed E-state index contributed by atoms with van der Waals surface area (Å²) in [5, 5.41) is 16.1. The normalized spacial score (nSPS) is 14.4. The zero-order valence-electron chi connectivity index (χ0n) is 18.7. The van der Waals surface area contributed by atoms with Gasteiger partial charge >= 0.3 is 0 Å². The van der Waals surface area contributed by atoms with Gasteiger partial charge in [-0.1, -0.05) is 18.2 Å². The summed E-state index contributed by atoms with van der Waals surface area (Å²) in [6, 6.07) is 14.3. The van der Waals surface area contributed by atoms with E-state index in [2.05, 4.69) is 15.6 Å². The van der Waals surface area contributed by atoms with Crippen molar-refractivity contribution in [2.75, 3.05) is 20.2 Å². The summed E-state index contributed by atoms with van der Waals surface area (Å²) in [7, 11) is 1.41. The first-order valence-electron chi connectivity index (χ1n) is 10.6. The molecule has 2 heterocycles. The molecule has 0 radical (unpaired) electrons. The number of benzene rings is 2. The van der Waals surface area contributed by atoms with E-state index in [-0.39, 0.29) is 34.8 Å². The molecule has 0 unspecified atom stereocenters. The highest BCUT2D eigenvalue weighted by Crippen LogP contribution is 2.30. The van der Waals surface area contributed by atoms with Crippen LogP contribution in [-0.4, -0.2) is 53.9 Å². The van der Waals surface area contributed by atoms with Gasteiger partial charge in [0.2, 0.25) is 5.91 Å². The summed E-state index contributed by atoms with van der Waals surface area (Å²) in [6.07, 6.45) is 4.26. The third-order valence-electron chi connectivity index (χ3n) is 5.23. The average Bonchev–Trinajstić information content (AvgIpc) is 3.38. The smallest absolute Gasteiger partial charge is 0.251 e. The van der Waals surface area contributed by atoms with Gasteiger partial charge in [-0.05, 0) is 49.4 Å². The van der Waals surface area contributed by atoms with Crippen LogP contribution in [-0.2, 0) is 0 Å². The topological polar surface area (TPSA) is 144 Å². The molecule has 2 aromatic carbocycles. The number of aromatic hydroxyl groups is 1. The Kier molecular flexibility index (Phi) is 8.31. The molecule has 0 spiro atoms. The Hall–Kier alpha value is -4.24. The van der Waals surface area contributed by atoms with E-state index in [1.165, 1.54) is 37.4 Å². The number of methoxy groups -OCH3 is 1. The maximum Gasteiger partial charge on any atom is 0.251 e. The SMILES string of the molecule is COc1cccc(C(=O)c2ccc(C(N)=O)cc2)c1O.O=C(N[C@H]1CCNC1)c1ccncc1. The lowest BCUT2D eigenvalue weighted by molar-refractivity contribution is 0.0938. The molecule has 34 heavy (non-hydrogen) atoms. The molecule has 1 atom stereocenters. The maximum atomic E-state index is 12.3. The van der Waals surface area contributed by atoms with Crippen molar-refractivity contribution in [2.45, 2.75) is 12.5 Å². The van der Waals surface area contributed by atoms with Crippen LogP contribution >= 0.6 is 0 Å². The number of phenols is 1. The Bertz CT molecular complexity index is 1140. The van der Waals surface area contributed by atoms with E-state index in [1.54, 1.807) is 36.7 Å². The number of rotatable bonds is 6. The number of carbonyl (C=O) groups is 3. The van der Waals surface area contributed by atoms with Crippen LogP contribution in [0.5, 0.6) is 11.5 Å². The van der Waals surface area contributed by atoms with Crippen molar-refractivity contribution in [3.05, 3.63) is 89.2 Å². The van der Waals surface area contributed by atoms with Crippen molar-refractivity contribution in [1.29, 1.82) is 0 Å². The third kappa shape index (κ3) is 6.17. The maximum absolute atomic E-state index is 12.3. The zero-order valence-corrected chi connectivity index (χ0v) is 18.7. The predicted molar refractivity (Wildman–Crippen MR) is 126 cm³/mol. The van der Waals surface area contributed by atoms with Crippen LogP contribution < -0.4 is 21.1 Å². The highest BCUT2D eigenvalue weighted by molar-refractivity contribution is 6.11.